The number of carbonyl (C=O) groups is 1. The van der Waals surface area contributed by atoms with Crippen LogP contribution >= 0.6 is 12.4 Å². The topological polar surface area (TPSA) is 81.5 Å². The lowest BCUT2D eigenvalue weighted by Gasteiger charge is -2.07. The van der Waals surface area contributed by atoms with Crippen molar-refractivity contribution >= 4 is 24.1 Å². The molecular weight excluding hydrogens is 332 g/mol. The highest BCUT2D eigenvalue weighted by atomic mass is 35.5. The van der Waals surface area contributed by atoms with Crippen molar-refractivity contribution < 1.29 is 14.5 Å². The first-order valence-electron chi connectivity index (χ1n) is 7.13. The van der Waals surface area contributed by atoms with E-state index in [2.05, 4.69) is 10.1 Å². The van der Waals surface area contributed by atoms with E-state index in [1.165, 1.54) is 24.8 Å². The molecule has 0 radical (unpaired) electrons. The maximum atomic E-state index is 11.5. The third kappa shape index (κ3) is 5.04. The van der Waals surface area contributed by atoms with E-state index in [9.17, 15) is 14.9 Å². The molecule has 24 heavy (non-hydrogen) atoms. The van der Waals surface area contributed by atoms with Crippen molar-refractivity contribution in [2.24, 2.45) is 0 Å². The second-order valence-corrected chi connectivity index (χ2v) is 5.18. The Labute approximate surface area is 146 Å². The van der Waals surface area contributed by atoms with Gasteiger partial charge in [0.25, 0.3) is 5.69 Å². The Kier molecular flexibility index (Phi) is 7.35. The molecule has 0 saturated heterocycles. The molecule has 0 aromatic heterocycles. The Balaban J connectivity index is 0.00000288. The average Bonchev–Trinajstić information content (AvgIpc) is 2.56. The van der Waals surface area contributed by atoms with Crippen LogP contribution in [0.4, 0.5) is 5.69 Å². The van der Waals surface area contributed by atoms with Crippen LogP contribution in [0, 0.1) is 17.0 Å². The van der Waals surface area contributed by atoms with E-state index in [-0.39, 0.29) is 23.7 Å². The van der Waals surface area contributed by atoms with E-state index in [1.807, 2.05) is 31.2 Å². The van der Waals surface area contributed by atoms with Gasteiger partial charge < -0.3 is 10.1 Å². The average molecular weight is 351 g/mol. The number of carbonyl (C=O) groups excluding carboxylic acids is 1. The van der Waals surface area contributed by atoms with Crippen LogP contribution in [-0.2, 0) is 17.8 Å². The first-order chi connectivity index (χ1) is 11.0. The minimum atomic E-state index is -0.590. The molecule has 0 heterocycles. The molecule has 0 saturated carbocycles. The lowest BCUT2D eigenvalue weighted by Crippen LogP contribution is -2.14. The normalized spacial score (nSPS) is 9.92. The fourth-order valence-electron chi connectivity index (χ4n) is 2.18. The number of methoxy groups -OCH3 is 1. The zero-order valence-corrected chi connectivity index (χ0v) is 14.3. The minimum absolute atomic E-state index is 0. The quantitative estimate of drug-likeness (QED) is 0.490. The van der Waals surface area contributed by atoms with Crippen LogP contribution in [0.15, 0.2) is 42.5 Å². The maximum absolute atomic E-state index is 11.5. The van der Waals surface area contributed by atoms with Gasteiger partial charge in [0.05, 0.1) is 17.6 Å². The molecule has 0 aliphatic heterocycles. The Morgan fingerprint density at radius 2 is 1.83 bits per heavy atom. The lowest BCUT2D eigenvalue weighted by atomic mass is 10.1. The van der Waals surface area contributed by atoms with Gasteiger partial charge in [0, 0.05) is 24.7 Å². The molecule has 0 amide bonds. The molecule has 6 nitrogen and oxygen atoms in total. The van der Waals surface area contributed by atoms with Gasteiger partial charge in [0.15, 0.2) is 0 Å². The Morgan fingerprint density at radius 3 is 2.42 bits per heavy atom. The van der Waals surface area contributed by atoms with Crippen molar-refractivity contribution in [2.45, 2.75) is 20.0 Å². The second kappa shape index (κ2) is 9.00. The van der Waals surface area contributed by atoms with Gasteiger partial charge in [-0.2, -0.15) is 0 Å². The monoisotopic (exact) mass is 350 g/mol. The van der Waals surface area contributed by atoms with E-state index >= 15 is 0 Å². The van der Waals surface area contributed by atoms with Gasteiger partial charge in [-0.1, -0.05) is 35.9 Å². The molecule has 2 aromatic carbocycles. The van der Waals surface area contributed by atoms with Crippen molar-refractivity contribution in [2.75, 3.05) is 7.11 Å². The molecule has 2 aromatic rings. The summed E-state index contributed by atoms with van der Waals surface area (Å²) < 4.78 is 4.58. The molecule has 7 heteroatoms. The lowest BCUT2D eigenvalue weighted by molar-refractivity contribution is -0.385. The minimum Gasteiger partial charge on any atom is -0.465 e. The van der Waals surface area contributed by atoms with Crippen LogP contribution in [0.1, 0.15) is 27.0 Å². The molecule has 0 unspecified atom stereocenters. The molecule has 0 bridgehead atoms. The smallest absolute Gasteiger partial charge is 0.338 e. The van der Waals surface area contributed by atoms with Crippen LogP contribution in [0.5, 0.6) is 0 Å². The summed E-state index contributed by atoms with van der Waals surface area (Å²) in [6.07, 6.45) is 0. The number of nitrogens with zero attached hydrogens (tertiary/aromatic N) is 1. The number of nitro benzene ring substituents is 1. The van der Waals surface area contributed by atoms with E-state index in [0.29, 0.717) is 18.7 Å². The largest absolute Gasteiger partial charge is 0.465 e. The van der Waals surface area contributed by atoms with Gasteiger partial charge in [-0.15, -0.1) is 12.4 Å². The summed E-state index contributed by atoms with van der Waals surface area (Å²) in [7, 11) is 1.24. The van der Waals surface area contributed by atoms with Gasteiger partial charge in [-0.05, 0) is 18.6 Å². The highest BCUT2D eigenvalue weighted by molar-refractivity contribution is 5.90. The van der Waals surface area contributed by atoms with E-state index < -0.39 is 10.9 Å². The number of aryl methyl sites for hydroxylation is 1. The third-order valence-corrected chi connectivity index (χ3v) is 3.47. The number of nitro groups is 1. The Morgan fingerprint density at radius 1 is 1.17 bits per heavy atom. The predicted octanol–water partition coefficient (Wildman–Crippen LogP) is 3.40. The van der Waals surface area contributed by atoms with Gasteiger partial charge in [0.2, 0.25) is 0 Å². The summed E-state index contributed by atoms with van der Waals surface area (Å²) in [6, 6.07) is 12.4. The Bertz CT molecular complexity index is 717. The van der Waals surface area contributed by atoms with E-state index in [1.54, 1.807) is 6.07 Å². The highest BCUT2D eigenvalue weighted by Gasteiger charge is 2.17. The van der Waals surface area contributed by atoms with Crippen LogP contribution < -0.4 is 5.32 Å². The molecule has 0 spiro atoms. The number of halogens is 1. The second-order valence-electron chi connectivity index (χ2n) is 5.18. The van der Waals surface area contributed by atoms with Gasteiger partial charge >= 0.3 is 5.97 Å². The predicted molar refractivity (Wildman–Crippen MR) is 93.4 cm³/mol. The van der Waals surface area contributed by atoms with Crippen molar-refractivity contribution in [1.29, 1.82) is 0 Å². The van der Waals surface area contributed by atoms with Crippen molar-refractivity contribution in [3.05, 3.63) is 74.8 Å². The highest BCUT2D eigenvalue weighted by Crippen LogP contribution is 2.21. The van der Waals surface area contributed by atoms with Crippen LogP contribution in [0.2, 0.25) is 0 Å². The van der Waals surface area contributed by atoms with Crippen molar-refractivity contribution in [3.63, 3.8) is 0 Å². The fraction of sp³-hybridized carbons (Fsp3) is 0.235. The van der Waals surface area contributed by atoms with Gasteiger partial charge in [-0.25, -0.2) is 4.79 Å². The number of ether oxygens (including phenoxy) is 1. The summed E-state index contributed by atoms with van der Waals surface area (Å²) in [5, 5.41) is 14.4. The molecule has 0 atom stereocenters. The number of hydrogen-bond acceptors (Lipinski definition) is 5. The van der Waals surface area contributed by atoms with Gasteiger partial charge in [-0.3, -0.25) is 10.1 Å². The molecule has 1 N–H and O–H groups in total. The van der Waals surface area contributed by atoms with Crippen LogP contribution in [0.3, 0.4) is 0 Å². The number of hydrogen-bond donors (Lipinski definition) is 1. The first-order valence-corrected chi connectivity index (χ1v) is 7.13. The zero-order valence-electron chi connectivity index (χ0n) is 13.4. The van der Waals surface area contributed by atoms with Crippen molar-refractivity contribution in [3.8, 4) is 0 Å². The third-order valence-electron chi connectivity index (χ3n) is 3.47. The van der Waals surface area contributed by atoms with Crippen molar-refractivity contribution in [1.82, 2.24) is 5.32 Å². The molecule has 128 valence electrons. The number of nitrogens with one attached hydrogen (secondary N) is 1. The van der Waals surface area contributed by atoms with E-state index in [4.69, 9.17) is 0 Å². The molecule has 0 aliphatic rings. The SMILES string of the molecule is COC(=O)c1ccc(CNCc2ccc(C)cc2)c([N+](=O)[O-])c1.Cl. The molecule has 0 aliphatic carbocycles. The first kappa shape index (κ1) is 19.6. The maximum Gasteiger partial charge on any atom is 0.338 e. The zero-order chi connectivity index (χ0) is 16.8. The molecule has 0 fully saturated rings. The summed E-state index contributed by atoms with van der Waals surface area (Å²) in [4.78, 5) is 22.2. The number of esters is 1. The van der Waals surface area contributed by atoms with E-state index in [0.717, 1.165) is 5.56 Å². The summed E-state index contributed by atoms with van der Waals surface area (Å²) >= 11 is 0. The summed E-state index contributed by atoms with van der Waals surface area (Å²) in [5.41, 5.74) is 2.88. The number of benzene rings is 2. The summed E-state index contributed by atoms with van der Waals surface area (Å²) in [6.45, 7) is 2.96. The van der Waals surface area contributed by atoms with Crippen LogP contribution in [0.25, 0.3) is 0 Å². The summed E-state index contributed by atoms with van der Waals surface area (Å²) in [5.74, 6) is -0.590. The molecular formula is C17H19ClN2O4. The Hall–Kier alpha value is -2.44. The van der Waals surface area contributed by atoms with Gasteiger partial charge in [0.1, 0.15) is 0 Å². The number of rotatable bonds is 6. The standard InChI is InChI=1S/C17H18N2O4.ClH/c1-12-3-5-13(6-4-12)10-18-11-15-8-7-14(17(20)23-2)9-16(15)19(21)22;/h3-9,18H,10-11H2,1-2H3;1H. The van der Waals surface area contributed by atoms with Crippen LogP contribution in [-0.4, -0.2) is 18.0 Å². The fourth-order valence-corrected chi connectivity index (χ4v) is 2.18. The molecule has 2 rings (SSSR count).